The van der Waals surface area contributed by atoms with Crippen LogP contribution in [0.2, 0.25) is 0 Å². The molecule has 0 aliphatic rings. The number of para-hydroxylation sites is 1. The lowest BCUT2D eigenvalue weighted by molar-refractivity contribution is 1.23. The molecule has 0 aliphatic carbocycles. The lowest BCUT2D eigenvalue weighted by Gasteiger charge is -1.80. The van der Waals surface area contributed by atoms with E-state index in [2.05, 4.69) is 30.8 Å². The number of rotatable bonds is 2. The van der Waals surface area contributed by atoms with Crippen LogP contribution in [0.3, 0.4) is 0 Å². The molecular formula is C12H15NS2. The van der Waals surface area contributed by atoms with E-state index < -0.39 is 0 Å². The van der Waals surface area contributed by atoms with Gasteiger partial charge >= 0.3 is 0 Å². The number of thiazole rings is 1. The number of allylic oxidation sites excluding steroid dienone is 1. The Bertz CT molecular complexity index is 387. The summed E-state index contributed by atoms with van der Waals surface area (Å²) < 4.78 is 2.42. The SMILES string of the molecule is C=CCC.CSc1nc2ccccc2s1. The molecule has 1 heterocycles. The van der Waals surface area contributed by atoms with E-state index in [0.717, 1.165) is 16.3 Å². The summed E-state index contributed by atoms with van der Waals surface area (Å²) in [7, 11) is 0. The predicted octanol–water partition coefficient (Wildman–Crippen LogP) is 4.60. The summed E-state index contributed by atoms with van der Waals surface area (Å²) in [5.41, 5.74) is 1.11. The van der Waals surface area contributed by atoms with Crippen molar-refractivity contribution in [3.63, 3.8) is 0 Å². The summed E-state index contributed by atoms with van der Waals surface area (Å²) >= 11 is 3.45. The van der Waals surface area contributed by atoms with Crippen LogP contribution in [0.1, 0.15) is 13.3 Å². The molecule has 80 valence electrons. The first kappa shape index (κ1) is 12.3. The third-order valence-electron chi connectivity index (χ3n) is 1.74. The molecule has 0 spiro atoms. The fraction of sp³-hybridized carbons (Fsp3) is 0.250. The maximum atomic E-state index is 4.41. The molecule has 1 aromatic heterocycles. The number of hydrogen-bond donors (Lipinski definition) is 0. The van der Waals surface area contributed by atoms with Crippen molar-refractivity contribution in [2.24, 2.45) is 0 Å². The van der Waals surface area contributed by atoms with E-state index in [9.17, 15) is 0 Å². The second kappa shape index (κ2) is 6.64. The van der Waals surface area contributed by atoms with Gasteiger partial charge in [-0.05, 0) is 24.8 Å². The van der Waals surface area contributed by atoms with Gasteiger partial charge in [0, 0.05) is 0 Å². The van der Waals surface area contributed by atoms with Gasteiger partial charge in [-0.3, -0.25) is 0 Å². The first-order chi connectivity index (χ1) is 7.31. The molecule has 0 saturated carbocycles. The lowest BCUT2D eigenvalue weighted by atomic mass is 10.3. The van der Waals surface area contributed by atoms with Crippen molar-refractivity contribution >= 4 is 33.3 Å². The minimum Gasteiger partial charge on any atom is -0.230 e. The quantitative estimate of drug-likeness (QED) is 0.559. The molecule has 0 amide bonds. The number of fused-ring (bicyclic) bond motifs is 1. The van der Waals surface area contributed by atoms with Gasteiger partial charge in [0.15, 0.2) is 4.34 Å². The van der Waals surface area contributed by atoms with Crippen LogP contribution in [0.15, 0.2) is 41.3 Å². The zero-order chi connectivity index (χ0) is 11.1. The molecule has 1 aromatic carbocycles. The number of thioether (sulfide) groups is 1. The second-order valence-corrected chi connectivity index (χ2v) is 4.93. The van der Waals surface area contributed by atoms with Crippen molar-refractivity contribution < 1.29 is 0 Å². The summed E-state index contributed by atoms with van der Waals surface area (Å²) in [6, 6.07) is 8.22. The van der Waals surface area contributed by atoms with Crippen molar-refractivity contribution in [2.45, 2.75) is 17.7 Å². The van der Waals surface area contributed by atoms with E-state index in [-0.39, 0.29) is 0 Å². The van der Waals surface area contributed by atoms with E-state index in [0.29, 0.717) is 0 Å². The highest BCUT2D eigenvalue weighted by Crippen LogP contribution is 2.27. The van der Waals surface area contributed by atoms with Crippen LogP contribution in [0.4, 0.5) is 0 Å². The molecule has 0 radical (unpaired) electrons. The number of nitrogens with zero attached hydrogens (tertiary/aromatic N) is 1. The first-order valence-corrected chi connectivity index (χ1v) is 6.86. The average molecular weight is 237 g/mol. The Morgan fingerprint density at radius 3 is 2.67 bits per heavy atom. The fourth-order valence-electron chi connectivity index (χ4n) is 0.938. The van der Waals surface area contributed by atoms with E-state index in [1.54, 1.807) is 23.1 Å². The molecule has 0 bridgehead atoms. The fourth-order valence-corrected chi connectivity index (χ4v) is 2.43. The molecule has 2 aromatic rings. The van der Waals surface area contributed by atoms with Gasteiger partial charge in [0.25, 0.3) is 0 Å². The zero-order valence-corrected chi connectivity index (χ0v) is 10.7. The molecule has 0 N–H and O–H groups in total. The summed E-state index contributed by atoms with van der Waals surface area (Å²) in [5.74, 6) is 0. The van der Waals surface area contributed by atoms with Gasteiger partial charge in [-0.2, -0.15) is 0 Å². The Morgan fingerprint density at radius 2 is 2.13 bits per heavy atom. The van der Waals surface area contributed by atoms with Crippen molar-refractivity contribution in [1.29, 1.82) is 0 Å². The van der Waals surface area contributed by atoms with Gasteiger partial charge in [-0.25, -0.2) is 4.98 Å². The van der Waals surface area contributed by atoms with Crippen LogP contribution in [-0.4, -0.2) is 11.2 Å². The molecule has 1 nitrogen and oxygen atoms in total. The van der Waals surface area contributed by atoms with Gasteiger partial charge in [0.1, 0.15) is 0 Å². The minimum atomic E-state index is 1.08. The number of hydrogen-bond acceptors (Lipinski definition) is 3. The Balaban J connectivity index is 0.000000245. The molecule has 0 saturated heterocycles. The molecule has 0 atom stereocenters. The molecule has 0 aliphatic heterocycles. The Hall–Kier alpha value is -0.800. The Morgan fingerprint density at radius 1 is 1.47 bits per heavy atom. The summed E-state index contributed by atoms with van der Waals surface area (Å²) in [4.78, 5) is 4.41. The van der Waals surface area contributed by atoms with E-state index in [1.165, 1.54) is 4.70 Å². The molecule has 2 rings (SSSR count). The Kier molecular flexibility index (Phi) is 5.43. The van der Waals surface area contributed by atoms with Crippen LogP contribution in [0.5, 0.6) is 0 Å². The number of aromatic nitrogens is 1. The normalized spacial score (nSPS) is 9.47. The third-order valence-corrected chi connectivity index (χ3v) is 3.76. The zero-order valence-electron chi connectivity index (χ0n) is 9.06. The van der Waals surface area contributed by atoms with Gasteiger partial charge in [-0.15, -0.1) is 17.9 Å². The van der Waals surface area contributed by atoms with Crippen molar-refractivity contribution in [3.8, 4) is 0 Å². The lowest BCUT2D eigenvalue weighted by Crippen LogP contribution is -1.65. The van der Waals surface area contributed by atoms with Crippen molar-refractivity contribution in [3.05, 3.63) is 36.9 Å². The highest BCUT2D eigenvalue weighted by Gasteiger charge is 1.99. The van der Waals surface area contributed by atoms with Crippen LogP contribution in [0, 0.1) is 0 Å². The minimum absolute atomic E-state index is 1.08. The van der Waals surface area contributed by atoms with E-state index in [1.807, 2.05) is 24.3 Å². The predicted molar refractivity (Wildman–Crippen MR) is 71.9 cm³/mol. The third kappa shape index (κ3) is 3.68. The summed E-state index contributed by atoms with van der Waals surface area (Å²) in [6.07, 6.45) is 5.01. The first-order valence-electron chi connectivity index (χ1n) is 4.82. The van der Waals surface area contributed by atoms with Crippen molar-refractivity contribution in [1.82, 2.24) is 4.98 Å². The topological polar surface area (TPSA) is 12.9 Å². The highest BCUT2D eigenvalue weighted by molar-refractivity contribution is 8.00. The average Bonchev–Trinajstić information content (AvgIpc) is 2.72. The number of benzene rings is 1. The van der Waals surface area contributed by atoms with E-state index >= 15 is 0 Å². The molecule has 0 fully saturated rings. The van der Waals surface area contributed by atoms with Crippen LogP contribution >= 0.6 is 23.1 Å². The smallest absolute Gasteiger partial charge is 0.150 e. The highest BCUT2D eigenvalue weighted by atomic mass is 32.2. The largest absolute Gasteiger partial charge is 0.230 e. The van der Waals surface area contributed by atoms with Crippen molar-refractivity contribution in [2.75, 3.05) is 6.26 Å². The molecular weight excluding hydrogens is 222 g/mol. The van der Waals surface area contributed by atoms with Gasteiger partial charge in [-0.1, -0.05) is 36.9 Å². The maximum absolute atomic E-state index is 4.41. The van der Waals surface area contributed by atoms with Gasteiger partial charge < -0.3 is 0 Å². The van der Waals surface area contributed by atoms with Crippen LogP contribution in [0.25, 0.3) is 10.2 Å². The summed E-state index contributed by atoms with van der Waals surface area (Å²) in [5, 5.41) is 0. The van der Waals surface area contributed by atoms with Crippen LogP contribution < -0.4 is 0 Å². The van der Waals surface area contributed by atoms with Gasteiger partial charge in [0.05, 0.1) is 10.2 Å². The molecule has 0 unspecified atom stereocenters. The molecule has 15 heavy (non-hydrogen) atoms. The second-order valence-electron chi connectivity index (χ2n) is 2.85. The summed E-state index contributed by atoms with van der Waals surface area (Å²) in [6.45, 7) is 5.54. The molecule has 3 heteroatoms. The van der Waals surface area contributed by atoms with Gasteiger partial charge in [0.2, 0.25) is 0 Å². The standard InChI is InChI=1S/C8H7NS2.C4H8/c1-10-8-9-6-4-2-3-5-7(6)11-8;1-3-4-2/h2-5H,1H3;3H,1,4H2,2H3. The van der Waals surface area contributed by atoms with E-state index in [4.69, 9.17) is 0 Å². The maximum Gasteiger partial charge on any atom is 0.150 e. The monoisotopic (exact) mass is 237 g/mol. The van der Waals surface area contributed by atoms with Crippen LogP contribution in [-0.2, 0) is 0 Å². The Labute approximate surface area is 99.2 Å².